The molecule has 2 aromatic rings. The first-order valence-electron chi connectivity index (χ1n) is 8.44. The van der Waals surface area contributed by atoms with E-state index in [0.29, 0.717) is 0 Å². The topological polar surface area (TPSA) is 26.7 Å². The minimum Gasteiger partial charge on any atom is -0.389 e. The minimum absolute atomic E-state index is 0.403. The summed E-state index contributed by atoms with van der Waals surface area (Å²) in [6.45, 7) is 9.17. The van der Waals surface area contributed by atoms with Crippen molar-refractivity contribution in [2.45, 2.75) is 26.5 Å². The van der Waals surface area contributed by atoms with Gasteiger partial charge in [0.2, 0.25) is 0 Å². The van der Waals surface area contributed by atoms with Crippen molar-refractivity contribution in [2.24, 2.45) is 0 Å². The van der Waals surface area contributed by atoms with Gasteiger partial charge in [-0.3, -0.25) is 4.90 Å². The number of aliphatic hydroxyl groups excluding tert-OH is 1. The molecule has 3 rings (SSSR count). The van der Waals surface area contributed by atoms with Crippen LogP contribution < -0.4 is 4.90 Å². The monoisotopic (exact) mass is 310 g/mol. The molecule has 1 N–H and O–H groups in total. The lowest BCUT2D eigenvalue weighted by molar-refractivity contribution is 0.193. The van der Waals surface area contributed by atoms with E-state index < -0.39 is 6.10 Å². The Bertz CT molecular complexity index is 646. The number of para-hydroxylation sites is 1. The molecular weight excluding hydrogens is 284 g/mol. The molecule has 1 unspecified atom stereocenters. The maximum absolute atomic E-state index is 9.93. The predicted molar refractivity (Wildman–Crippen MR) is 95.7 cm³/mol. The zero-order chi connectivity index (χ0) is 16.2. The van der Waals surface area contributed by atoms with Gasteiger partial charge in [0, 0.05) is 38.4 Å². The van der Waals surface area contributed by atoms with Crippen LogP contribution in [0.15, 0.2) is 48.5 Å². The van der Waals surface area contributed by atoms with Gasteiger partial charge in [0.15, 0.2) is 0 Å². The summed E-state index contributed by atoms with van der Waals surface area (Å²) in [5.41, 5.74) is 5.00. The smallest absolute Gasteiger partial charge is 0.0765 e. The second kappa shape index (κ2) is 7.16. The van der Waals surface area contributed by atoms with Crippen LogP contribution in [-0.2, 0) is 6.54 Å². The fourth-order valence-electron chi connectivity index (χ4n) is 3.39. The highest BCUT2D eigenvalue weighted by atomic mass is 16.3. The molecule has 0 aliphatic carbocycles. The van der Waals surface area contributed by atoms with E-state index in [1.54, 1.807) is 0 Å². The maximum atomic E-state index is 9.93. The van der Waals surface area contributed by atoms with E-state index in [1.165, 1.54) is 16.8 Å². The highest BCUT2D eigenvalue weighted by molar-refractivity contribution is 5.53. The summed E-state index contributed by atoms with van der Waals surface area (Å²) in [5, 5.41) is 9.93. The molecule has 0 amide bonds. The summed E-state index contributed by atoms with van der Waals surface area (Å²) in [5.74, 6) is 0. The summed E-state index contributed by atoms with van der Waals surface area (Å²) < 4.78 is 0. The third-order valence-electron chi connectivity index (χ3n) is 4.73. The molecule has 0 radical (unpaired) electrons. The largest absolute Gasteiger partial charge is 0.389 e. The van der Waals surface area contributed by atoms with Crippen molar-refractivity contribution in [2.75, 3.05) is 31.1 Å². The van der Waals surface area contributed by atoms with Crippen molar-refractivity contribution >= 4 is 5.69 Å². The first-order valence-corrected chi connectivity index (χ1v) is 8.44. The van der Waals surface area contributed by atoms with Gasteiger partial charge in [-0.25, -0.2) is 0 Å². The van der Waals surface area contributed by atoms with E-state index in [4.69, 9.17) is 0 Å². The summed E-state index contributed by atoms with van der Waals surface area (Å²) in [6, 6.07) is 16.8. The third kappa shape index (κ3) is 3.74. The molecule has 1 atom stereocenters. The minimum atomic E-state index is -0.403. The number of aliphatic hydroxyl groups is 1. The molecule has 122 valence electrons. The lowest BCUT2D eigenvalue weighted by Gasteiger charge is -2.37. The molecule has 0 spiro atoms. The Balaban J connectivity index is 1.63. The van der Waals surface area contributed by atoms with Gasteiger partial charge in [-0.2, -0.15) is 0 Å². The van der Waals surface area contributed by atoms with Crippen LogP contribution in [0, 0.1) is 6.92 Å². The van der Waals surface area contributed by atoms with Crippen LogP contribution in [0.1, 0.15) is 29.7 Å². The summed E-state index contributed by atoms with van der Waals surface area (Å²) in [6.07, 6.45) is -0.403. The standard InChI is InChI=1S/C20H26N2O/c1-16-7-3-6-10-20(16)22-13-11-21(12-14-22)15-18-8-4-5-9-19(18)17(2)23/h3-10,17,23H,11-15H2,1-2H3. The van der Waals surface area contributed by atoms with Gasteiger partial charge in [0.05, 0.1) is 6.10 Å². The highest BCUT2D eigenvalue weighted by Gasteiger charge is 2.19. The van der Waals surface area contributed by atoms with Crippen LogP contribution in [0.25, 0.3) is 0 Å². The van der Waals surface area contributed by atoms with Crippen LogP contribution >= 0.6 is 0 Å². The molecule has 3 nitrogen and oxygen atoms in total. The fraction of sp³-hybridized carbons (Fsp3) is 0.400. The molecule has 23 heavy (non-hydrogen) atoms. The summed E-state index contributed by atoms with van der Waals surface area (Å²) in [4.78, 5) is 4.96. The van der Waals surface area contributed by atoms with Crippen molar-refractivity contribution in [3.63, 3.8) is 0 Å². The molecule has 3 heteroatoms. The Morgan fingerprint density at radius 2 is 1.61 bits per heavy atom. The quantitative estimate of drug-likeness (QED) is 0.938. The number of hydrogen-bond donors (Lipinski definition) is 1. The molecule has 1 saturated heterocycles. The van der Waals surface area contributed by atoms with E-state index in [-0.39, 0.29) is 0 Å². The van der Waals surface area contributed by atoms with Crippen molar-refractivity contribution in [1.29, 1.82) is 0 Å². The number of piperazine rings is 1. The van der Waals surface area contributed by atoms with Crippen molar-refractivity contribution < 1.29 is 5.11 Å². The summed E-state index contributed by atoms with van der Waals surface area (Å²) >= 11 is 0. The first-order chi connectivity index (χ1) is 11.1. The number of benzene rings is 2. The van der Waals surface area contributed by atoms with E-state index >= 15 is 0 Å². The molecule has 0 aromatic heterocycles. The van der Waals surface area contributed by atoms with Gasteiger partial charge in [0.25, 0.3) is 0 Å². The normalized spacial score (nSPS) is 17.3. The molecule has 0 bridgehead atoms. The van der Waals surface area contributed by atoms with Crippen molar-refractivity contribution in [1.82, 2.24) is 4.90 Å². The number of anilines is 1. The number of nitrogens with zero attached hydrogens (tertiary/aromatic N) is 2. The maximum Gasteiger partial charge on any atom is 0.0765 e. The van der Waals surface area contributed by atoms with Crippen molar-refractivity contribution in [3.05, 3.63) is 65.2 Å². The Kier molecular flexibility index (Phi) is 4.99. The average molecular weight is 310 g/mol. The van der Waals surface area contributed by atoms with Gasteiger partial charge in [-0.05, 0) is 36.6 Å². The Morgan fingerprint density at radius 3 is 2.30 bits per heavy atom. The molecule has 2 aromatic carbocycles. The second-order valence-corrected chi connectivity index (χ2v) is 6.42. The molecule has 1 aliphatic heterocycles. The van der Waals surface area contributed by atoms with Gasteiger partial charge >= 0.3 is 0 Å². The molecule has 1 fully saturated rings. The number of aryl methyl sites for hydroxylation is 1. The van der Waals surface area contributed by atoms with E-state index in [2.05, 4.69) is 53.1 Å². The molecule has 0 saturated carbocycles. The van der Waals surface area contributed by atoms with Gasteiger partial charge < -0.3 is 10.0 Å². The number of hydrogen-bond acceptors (Lipinski definition) is 3. The first kappa shape index (κ1) is 16.0. The van der Waals surface area contributed by atoms with Gasteiger partial charge in [-0.15, -0.1) is 0 Å². The van der Waals surface area contributed by atoms with E-state index in [0.717, 1.165) is 38.3 Å². The Labute approximate surface area is 139 Å². The fourth-order valence-corrected chi connectivity index (χ4v) is 3.39. The van der Waals surface area contributed by atoms with Crippen LogP contribution in [-0.4, -0.2) is 36.2 Å². The lowest BCUT2D eigenvalue weighted by Crippen LogP contribution is -2.46. The lowest BCUT2D eigenvalue weighted by atomic mass is 10.0. The molecular formula is C20H26N2O. The van der Waals surface area contributed by atoms with E-state index in [1.807, 2.05) is 19.1 Å². The third-order valence-corrected chi connectivity index (χ3v) is 4.73. The molecule has 1 heterocycles. The van der Waals surface area contributed by atoms with Crippen LogP contribution in [0.5, 0.6) is 0 Å². The average Bonchev–Trinajstić information content (AvgIpc) is 2.56. The van der Waals surface area contributed by atoms with Crippen LogP contribution in [0.2, 0.25) is 0 Å². The van der Waals surface area contributed by atoms with Crippen molar-refractivity contribution in [3.8, 4) is 0 Å². The van der Waals surface area contributed by atoms with Crippen LogP contribution in [0.3, 0.4) is 0 Å². The zero-order valence-corrected chi connectivity index (χ0v) is 14.1. The van der Waals surface area contributed by atoms with Gasteiger partial charge in [-0.1, -0.05) is 42.5 Å². The predicted octanol–water partition coefficient (Wildman–Crippen LogP) is 3.37. The number of rotatable bonds is 4. The zero-order valence-electron chi connectivity index (χ0n) is 14.1. The molecule has 1 aliphatic rings. The SMILES string of the molecule is Cc1ccccc1N1CCN(Cc2ccccc2C(C)O)CC1. The summed E-state index contributed by atoms with van der Waals surface area (Å²) in [7, 11) is 0. The highest BCUT2D eigenvalue weighted by Crippen LogP contribution is 2.23. The Hall–Kier alpha value is -1.84. The van der Waals surface area contributed by atoms with Gasteiger partial charge in [0.1, 0.15) is 0 Å². The Morgan fingerprint density at radius 1 is 0.957 bits per heavy atom. The van der Waals surface area contributed by atoms with E-state index in [9.17, 15) is 5.11 Å². The second-order valence-electron chi connectivity index (χ2n) is 6.42. The van der Waals surface area contributed by atoms with Crippen LogP contribution in [0.4, 0.5) is 5.69 Å².